The number of carbonyl (C=O) groups excluding carboxylic acids is 4. The molecule has 2 aliphatic rings. The minimum Gasteiger partial charge on any atom is -0.468 e. The number of imide groups is 1. The molecule has 33 heavy (non-hydrogen) atoms. The zero-order valence-electron chi connectivity index (χ0n) is 17.4. The van der Waals surface area contributed by atoms with Gasteiger partial charge in [-0.2, -0.15) is 4.99 Å². The number of aromatic nitrogens is 1. The molecular weight excluding hydrogens is 450 g/mol. The number of rotatable bonds is 4. The van der Waals surface area contributed by atoms with Gasteiger partial charge >= 0.3 is 5.97 Å². The van der Waals surface area contributed by atoms with Gasteiger partial charge in [-0.25, -0.2) is 0 Å². The molecule has 3 amide bonds. The molecular formula is C22H17N3O7S. The Bertz CT molecular complexity index is 1370. The van der Waals surface area contributed by atoms with Crippen molar-refractivity contribution in [2.45, 2.75) is 19.4 Å². The molecule has 0 atom stereocenters. The first-order valence-electron chi connectivity index (χ1n) is 9.99. The molecule has 10 nitrogen and oxygen atoms in total. The standard InChI is InChI=1S/C22H17N3O7S/c1-30-20(28)10-24-14-8-15-16(32-11-31-15)9-17(14)33-22(24)23-21(29)12-2-4-13(5-3-12)25-18(26)6-7-19(25)27/h2-5,8-9H,6-7,10-11H2,1H3. The van der Waals surface area contributed by atoms with Gasteiger partial charge < -0.3 is 18.8 Å². The van der Waals surface area contributed by atoms with E-state index in [1.54, 1.807) is 16.7 Å². The van der Waals surface area contributed by atoms with E-state index in [1.165, 1.54) is 42.7 Å². The second-order valence-corrected chi connectivity index (χ2v) is 8.32. The summed E-state index contributed by atoms with van der Waals surface area (Å²) in [5.74, 6) is -0.446. The van der Waals surface area contributed by atoms with Crippen LogP contribution in [0.25, 0.3) is 10.2 Å². The molecule has 0 saturated carbocycles. The Morgan fingerprint density at radius 3 is 2.39 bits per heavy atom. The van der Waals surface area contributed by atoms with Crippen molar-refractivity contribution in [3.05, 3.63) is 46.8 Å². The van der Waals surface area contributed by atoms with Gasteiger partial charge in [0.25, 0.3) is 5.91 Å². The molecule has 3 aromatic rings. The first-order valence-corrected chi connectivity index (χ1v) is 10.8. The average Bonchev–Trinajstić information content (AvgIpc) is 3.49. The fourth-order valence-electron chi connectivity index (χ4n) is 3.66. The fourth-order valence-corrected chi connectivity index (χ4v) is 4.70. The molecule has 0 aliphatic carbocycles. The number of carbonyl (C=O) groups is 4. The number of amides is 3. The van der Waals surface area contributed by atoms with E-state index in [2.05, 4.69) is 4.99 Å². The van der Waals surface area contributed by atoms with Crippen LogP contribution in [0, 0.1) is 0 Å². The summed E-state index contributed by atoms with van der Waals surface area (Å²) >= 11 is 1.22. The summed E-state index contributed by atoms with van der Waals surface area (Å²) in [6.07, 6.45) is 0.362. The van der Waals surface area contributed by atoms with E-state index in [0.29, 0.717) is 27.5 Å². The molecule has 168 valence electrons. The monoisotopic (exact) mass is 467 g/mol. The predicted molar refractivity (Wildman–Crippen MR) is 116 cm³/mol. The number of nitrogens with zero attached hydrogens (tertiary/aromatic N) is 3. The zero-order valence-corrected chi connectivity index (χ0v) is 18.2. The van der Waals surface area contributed by atoms with Gasteiger partial charge in [0.1, 0.15) is 6.54 Å². The minimum atomic E-state index is -0.536. The van der Waals surface area contributed by atoms with Gasteiger partial charge in [0.2, 0.25) is 18.6 Å². The van der Waals surface area contributed by atoms with Crippen LogP contribution in [0.4, 0.5) is 5.69 Å². The molecule has 3 heterocycles. The predicted octanol–water partition coefficient (Wildman–Crippen LogP) is 2.00. The van der Waals surface area contributed by atoms with Crippen LogP contribution >= 0.6 is 11.3 Å². The van der Waals surface area contributed by atoms with Crippen molar-refractivity contribution in [1.29, 1.82) is 0 Å². The Labute approximate surface area is 190 Å². The maximum absolute atomic E-state index is 12.9. The van der Waals surface area contributed by atoms with Gasteiger partial charge in [-0.15, -0.1) is 0 Å². The van der Waals surface area contributed by atoms with Crippen LogP contribution in [0.3, 0.4) is 0 Å². The molecule has 0 N–H and O–H groups in total. The fraction of sp³-hybridized carbons (Fsp3) is 0.227. The summed E-state index contributed by atoms with van der Waals surface area (Å²) in [6, 6.07) is 9.60. The molecule has 0 unspecified atom stereocenters. The van der Waals surface area contributed by atoms with E-state index >= 15 is 0 Å². The largest absolute Gasteiger partial charge is 0.468 e. The van der Waals surface area contributed by atoms with Crippen LogP contribution in [0.1, 0.15) is 23.2 Å². The Morgan fingerprint density at radius 1 is 1.06 bits per heavy atom. The highest BCUT2D eigenvalue weighted by Gasteiger charge is 2.30. The Kier molecular flexibility index (Phi) is 5.17. The third kappa shape index (κ3) is 3.76. The Hall–Kier alpha value is -3.99. The number of ether oxygens (including phenoxy) is 3. The summed E-state index contributed by atoms with van der Waals surface area (Å²) in [5.41, 5.74) is 1.34. The number of methoxy groups -OCH3 is 1. The van der Waals surface area contributed by atoms with E-state index in [4.69, 9.17) is 14.2 Å². The maximum Gasteiger partial charge on any atom is 0.325 e. The van der Waals surface area contributed by atoms with Gasteiger partial charge in [0.05, 0.1) is 23.0 Å². The first-order chi connectivity index (χ1) is 15.9. The van der Waals surface area contributed by atoms with Gasteiger partial charge in [-0.3, -0.25) is 24.1 Å². The number of anilines is 1. The summed E-state index contributed by atoms with van der Waals surface area (Å²) in [4.78, 5) is 54.3. The number of esters is 1. The third-order valence-electron chi connectivity index (χ3n) is 5.31. The van der Waals surface area contributed by atoms with Crippen LogP contribution in [-0.4, -0.2) is 42.2 Å². The van der Waals surface area contributed by atoms with E-state index in [1.807, 2.05) is 0 Å². The highest BCUT2D eigenvalue weighted by atomic mass is 32.1. The number of hydrogen-bond donors (Lipinski definition) is 0. The molecule has 0 spiro atoms. The van der Waals surface area contributed by atoms with Gasteiger partial charge in [-0.1, -0.05) is 11.3 Å². The number of hydrogen-bond acceptors (Lipinski definition) is 8. The third-order valence-corrected chi connectivity index (χ3v) is 6.35. The SMILES string of the molecule is COC(=O)Cn1c(=NC(=O)c2ccc(N3C(=O)CCC3=O)cc2)sc2cc3c(cc21)OCO3. The number of thiazole rings is 1. The highest BCUT2D eigenvalue weighted by Crippen LogP contribution is 2.37. The van der Waals surface area contributed by atoms with Crippen LogP contribution in [0.5, 0.6) is 11.5 Å². The smallest absolute Gasteiger partial charge is 0.325 e. The van der Waals surface area contributed by atoms with Crippen LogP contribution in [0.15, 0.2) is 41.4 Å². The van der Waals surface area contributed by atoms with Crippen molar-refractivity contribution in [2.24, 2.45) is 4.99 Å². The van der Waals surface area contributed by atoms with E-state index in [-0.39, 0.29) is 43.6 Å². The van der Waals surface area contributed by atoms with Crippen molar-refractivity contribution in [1.82, 2.24) is 4.57 Å². The molecule has 2 aliphatic heterocycles. The molecule has 0 radical (unpaired) electrons. The van der Waals surface area contributed by atoms with E-state index < -0.39 is 11.9 Å². The second-order valence-electron chi connectivity index (χ2n) is 7.31. The van der Waals surface area contributed by atoms with Crippen molar-refractivity contribution in [3.63, 3.8) is 0 Å². The van der Waals surface area contributed by atoms with Crippen molar-refractivity contribution < 1.29 is 33.4 Å². The van der Waals surface area contributed by atoms with E-state index in [9.17, 15) is 19.2 Å². The highest BCUT2D eigenvalue weighted by molar-refractivity contribution is 7.16. The number of fused-ring (bicyclic) bond motifs is 2. The molecule has 1 saturated heterocycles. The molecule has 5 rings (SSSR count). The van der Waals surface area contributed by atoms with Gasteiger partial charge in [0, 0.05) is 30.5 Å². The summed E-state index contributed by atoms with van der Waals surface area (Å²) in [7, 11) is 1.28. The van der Waals surface area contributed by atoms with Crippen molar-refractivity contribution in [2.75, 3.05) is 18.8 Å². The van der Waals surface area contributed by atoms with E-state index in [0.717, 1.165) is 9.60 Å². The van der Waals surface area contributed by atoms with Crippen molar-refractivity contribution >= 4 is 50.9 Å². The lowest BCUT2D eigenvalue weighted by Gasteiger charge is -2.13. The summed E-state index contributed by atoms with van der Waals surface area (Å²) < 4.78 is 18.0. The molecule has 2 aromatic carbocycles. The van der Waals surface area contributed by atoms with Crippen molar-refractivity contribution in [3.8, 4) is 11.5 Å². The Morgan fingerprint density at radius 2 is 1.73 bits per heavy atom. The second kappa shape index (κ2) is 8.17. The van der Waals surface area contributed by atoms with Gasteiger partial charge in [0.15, 0.2) is 16.3 Å². The van der Waals surface area contributed by atoms with Crippen LogP contribution < -0.4 is 19.2 Å². The number of benzene rings is 2. The lowest BCUT2D eigenvalue weighted by Crippen LogP contribution is -2.28. The lowest BCUT2D eigenvalue weighted by molar-refractivity contribution is -0.141. The summed E-state index contributed by atoms with van der Waals surface area (Å²) in [5, 5.41) is 0. The Balaban J connectivity index is 1.52. The zero-order chi connectivity index (χ0) is 23.1. The normalized spacial score (nSPS) is 15.5. The van der Waals surface area contributed by atoms with Gasteiger partial charge in [-0.05, 0) is 24.3 Å². The topological polar surface area (TPSA) is 116 Å². The quantitative estimate of drug-likeness (QED) is 0.426. The summed E-state index contributed by atoms with van der Waals surface area (Å²) in [6.45, 7) is -0.0235. The average molecular weight is 467 g/mol. The maximum atomic E-state index is 12.9. The lowest BCUT2D eigenvalue weighted by atomic mass is 10.2. The van der Waals surface area contributed by atoms with Crippen LogP contribution in [0.2, 0.25) is 0 Å². The first kappa shape index (κ1) is 20.9. The molecule has 0 bridgehead atoms. The van der Waals surface area contributed by atoms with Crippen LogP contribution in [-0.2, 0) is 25.7 Å². The molecule has 1 aromatic heterocycles. The minimum absolute atomic E-state index is 0.115. The molecule has 1 fully saturated rings. The molecule has 11 heteroatoms.